The SMILES string of the molecule is O=C(Cc1cccs1)N[C@@H]1C(=O)N2C(C(O)OC(c3ccccc3)c3ccccc3)=C(COC(=O)NCC3CCCCN3)CS[C@H]12. The number of aliphatic hydroxyl groups excluding tert-OH is 1. The van der Waals surface area contributed by atoms with E-state index in [4.69, 9.17) is 9.47 Å². The van der Waals surface area contributed by atoms with Crippen LogP contribution < -0.4 is 16.0 Å². The van der Waals surface area contributed by atoms with Gasteiger partial charge in [-0.2, -0.15) is 0 Å². The molecule has 12 heteroatoms. The third-order valence-corrected chi connectivity index (χ3v) is 10.5. The van der Waals surface area contributed by atoms with Crippen LogP contribution in [0.1, 0.15) is 41.4 Å². The summed E-state index contributed by atoms with van der Waals surface area (Å²) in [5, 5.41) is 22.3. The first kappa shape index (κ1) is 32.3. The van der Waals surface area contributed by atoms with Crippen LogP contribution in [0.25, 0.3) is 0 Å². The summed E-state index contributed by atoms with van der Waals surface area (Å²) in [5.74, 6) is -0.217. The van der Waals surface area contributed by atoms with E-state index in [2.05, 4.69) is 16.0 Å². The molecule has 4 heterocycles. The number of β-lactam (4-membered cyclic amide) rings is 1. The molecular weight excluding hydrogens is 625 g/mol. The highest BCUT2D eigenvalue weighted by molar-refractivity contribution is 8.00. The van der Waals surface area contributed by atoms with Crippen molar-refractivity contribution in [1.82, 2.24) is 20.9 Å². The van der Waals surface area contributed by atoms with Gasteiger partial charge in [-0.3, -0.25) is 14.5 Å². The normalized spacial score (nSPS) is 21.7. The molecule has 10 nitrogen and oxygen atoms in total. The summed E-state index contributed by atoms with van der Waals surface area (Å²) in [4.78, 5) is 41.4. The highest BCUT2D eigenvalue weighted by atomic mass is 32.2. The monoisotopic (exact) mass is 662 g/mol. The fourth-order valence-electron chi connectivity index (χ4n) is 5.97. The van der Waals surface area contributed by atoms with Gasteiger partial charge in [-0.25, -0.2) is 4.79 Å². The molecule has 3 aliphatic rings. The number of aliphatic hydroxyl groups is 1. The molecule has 2 saturated heterocycles. The zero-order valence-electron chi connectivity index (χ0n) is 25.3. The summed E-state index contributed by atoms with van der Waals surface area (Å²) in [6.45, 7) is 1.26. The van der Waals surface area contributed by atoms with E-state index in [1.54, 1.807) is 0 Å². The molecule has 3 aliphatic heterocycles. The van der Waals surface area contributed by atoms with Crippen molar-refractivity contribution in [2.45, 2.75) is 55.5 Å². The molecule has 0 spiro atoms. The first-order valence-corrected chi connectivity index (χ1v) is 17.5. The van der Waals surface area contributed by atoms with Gasteiger partial charge in [0.1, 0.15) is 24.1 Å². The molecule has 242 valence electrons. The minimum atomic E-state index is -1.52. The number of carbonyl (C=O) groups excluding carboxylic acids is 3. The Hall–Kier alpha value is -3.68. The molecule has 3 amide bonds. The van der Waals surface area contributed by atoms with Gasteiger partial charge in [0.15, 0.2) is 6.29 Å². The number of hydrogen-bond acceptors (Lipinski definition) is 9. The first-order chi connectivity index (χ1) is 22.5. The minimum absolute atomic E-state index is 0.125. The van der Waals surface area contributed by atoms with Crippen molar-refractivity contribution in [2.75, 3.05) is 25.4 Å². The maximum Gasteiger partial charge on any atom is 0.407 e. The molecule has 0 bridgehead atoms. The zero-order valence-corrected chi connectivity index (χ0v) is 26.9. The molecule has 2 aromatic carbocycles. The van der Waals surface area contributed by atoms with Gasteiger partial charge in [-0.1, -0.05) is 73.2 Å². The molecule has 1 aromatic heterocycles. The molecule has 4 atom stereocenters. The number of alkyl carbamates (subject to hydrolysis) is 1. The van der Waals surface area contributed by atoms with Crippen LogP contribution in [0.2, 0.25) is 0 Å². The number of fused-ring (bicyclic) bond motifs is 1. The highest BCUT2D eigenvalue weighted by Crippen LogP contribution is 2.43. The summed E-state index contributed by atoms with van der Waals surface area (Å²) in [6.07, 6.45) is 0.703. The van der Waals surface area contributed by atoms with Gasteiger partial charge in [-0.15, -0.1) is 23.1 Å². The van der Waals surface area contributed by atoms with Crippen LogP contribution >= 0.6 is 23.1 Å². The second kappa shape index (κ2) is 15.3. The lowest BCUT2D eigenvalue weighted by Crippen LogP contribution is -2.71. The van der Waals surface area contributed by atoms with Crippen LogP contribution in [0.3, 0.4) is 0 Å². The summed E-state index contributed by atoms with van der Waals surface area (Å²) < 4.78 is 12.0. The van der Waals surface area contributed by atoms with Crippen LogP contribution in [0.4, 0.5) is 4.79 Å². The number of benzene rings is 2. The number of thioether (sulfide) groups is 1. The van der Waals surface area contributed by atoms with Gasteiger partial charge in [0.05, 0.1) is 12.1 Å². The molecule has 46 heavy (non-hydrogen) atoms. The van der Waals surface area contributed by atoms with Crippen LogP contribution in [0.5, 0.6) is 0 Å². The van der Waals surface area contributed by atoms with Crippen LogP contribution in [-0.2, 0) is 25.5 Å². The van der Waals surface area contributed by atoms with E-state index >= 15 is 0 Å². The number of nitrogens with one attached hydrogen (secondary N) is 3. The maximum absolute atomic E-state index is 13.6. The Kier molecular flexibility index (Phi) is 10.7. The van der Waals surface area contributed by atoms with E-state index in [1.807, 2.05) is 78.2 Å². The summed E-state index contributed by atoms with van der Waals surface area (Å²) in [7, 11) is 0. The smallest absolute Gasteiger partial charge is 0.407 e. The standard InChI is InChI=1S/C34H38N4O6S2/c39-27(18-26-15-9-17-45-26)37-28-31(40)38-29(33(41)44-30(22-10-3-1-4-11-22)23-12-5-2-6-13-23)24(21-46-32(28)38)20-43-34(42)36-19-25-14-7-8-16-35-25/h1-6,9-13,15,17,25,28,30,32-33,35,41H,7-8,14,16,18-21H2,(H,36,42)(H,37,39)/t25?,28-,32-,33?/m1/s1. The van der Waals surface area contributed by atoms with E-state index in [9.17, 15) is 19.5 Å². The molecule has 4 N–H and O–H groups in total. The van der Waals surface area contributed by atoms with Crippen molar-refractivity contribution in [3.8, 4) is 0 Å². The summed E-state index contributed by atoms with van der Waals surface area (Å²) >= 11 is 2.93. The Morgan fingerprint density at radius 3 is 2.41 bits per heavy atom. The van der Waals surface area contributed by atoms with Gasteiger partial charge < -0.3 is 30.5 Å². The lowest BCUT2D eigenvalue weighted by molar-refractivity contribution is -0.156. The number of nitrogens with zero attached hydrogens (tertiary/aromatic N) is 1. The van der Waals surface area contributed by atoms with E-state index in [0.717, 1.165) is 41.8 Å². The maximum atomic E-state index is 13.6. The van der Waals surface area contributed by atoms with Gasteiger partial charge in [0, 0.05) is 28.8 Å². The molecule has 0 saturated carbocycles. The number of hydrogen-bond donors (Lipinski definition) is 4. The Balaban J connectivity index is 1.20. The number of thiophene rings is 1. The van der Waals surface area contributed by atoms with Crippen LogP contribution in [0, 0.1) is 0 Å². The third-order valence-electron chi connectivity index (χ3n) is 8.31. The Morgan fingerprint density at radius 1 is 1.02 bits per heavy atom. The van der Waals surface area contributed by atoms with Crippen molar-refractivity contribution < 1.29 is 29.0 Å². The van der Waals surface area contributed by atoms with Crippen molar-refractivity contribution in [1.29, 1.82) is 0 Å². The topological polar surface area (TPSA) is 129 Å². The van der Waals surface area contributed by atoms with Gasteiger partial charge in [-0.05, 0) is 42.0 Å². The van der Waals surface area contributed by atoms with Crippen molar-refractivity contribution in [3.63, 3.8) is 0 Å². The molecule has 0 aliphatic carbocycles. The van der Waals surface area contributed by atoms with Crippen molar-refractivity contribution >= 4 is 41.0 Å². The predicted octanol–water partition coefficient (Wildman–Crippen LogP) is 3.94. The number of rotatable bonds is 12. The lowest BCUT2D eigenvalue weighted by atomic mass is 10.0. The number of ether oxygens (including phenoxy) is 2. The largest absolute Gasteiger partial charge is 0.445 e. The Bertz CT molecular complexity index is 1480. The predicted molar refractivity (Wildman–Crippen MR) is 177 cm³/mol. The van der Waals surface area contributed by atoms with Gasteiger partial charge >= 0.3 is 6.09 Å². The number of amides is 3. The molecule has 0 radical (unpaired) electrons. The number of carbonyl (C=O) groups is 3. The number of piperidine rings is 1. The molecular formula is C34H38N4O6S2. The highest BCUT2D eigenvalue weighted by Gasteiger charge is 2.54. The Labute approximate surface area is 276 Å². The lowest BCUT2D eigenvalue weighted by Gasteiger charge is -2.51. The van der Waals surface area contributed by atoms with Crippen LogP contribution in [0.15, 0.2) is 89.4 Å². The van der Waals surface area contributed by atoms with E-state index in [1.165, 1.54) is 28.0 Å². The average molecular weight is 663 g/mol. The van der Waals surface area contributed by atoms with E-state index in [-0.39, 0.29) is 36.6 Å². The zero-order chi connectivity index (χ0) is 31.9. The first-order valence-electron chi connectivity index (χ1n) is 15.5. The minimum Gasteiger partial charge on any atom is -0.445 e. The van der Waals surface area contributed by atoms with Gasteiger partial charge in [0.2, 0.25) is 5.91 Å². The summed E-state index contributed by atoms with van der Waals surface area (Å²) in [5.41, 5.74) is 2.47. The summed E-state index contributed by atoms with van der Waals surface area (Å²) in [6, 6.07) is 22.3. The fourth-order valence-corrected chi connectivity index (χ4v) is 8.02. The second-order valence-corrected chi connectivity index (χ2v) is 13.6. The fraction of sp³-hybridized carbons (Fsp3) is 0.382. The van der Waals surface area contributed by atoms with Gasteiger partial charge in [0.25, 0.3) is 5.91 Å². The van der Waals surface area contributed by atoms with Crippen molar-refractivity contribution in [2.24, 2.45) is 0 Å². The molecule has 3 aromatic rings. The Morgan fingerprint density at radius 2 is 1.76 bits per heavy atom. The average Bonchev–Trinajstić information content (AvgIpc) is 3.61. The third kappa shape index (κ3) is 7.64. The quantitative estimate of drug-likeness (QED) is 0.170. The molecule has 6 rings (SSSR count). The van der Waals surface area contributed by atoms with Crippen LogP contribution in [-0.4, -0.2) is 77.1 Å². The molecule has 2 fully saturated rings. The second-order valence-electron chi connectivity index (χ2n) is 11.5. The van der Waals surface area contributed by atoms with Crippen molar-refractivity contribution in [3.05, 3.63) is 105 Å². The van der Waals surface area contributed by atoms with E-state index in [0.29, 0.717) is 17.9 Å². The molecule has 2 unspecified atom stereocenters. The van der Waals surface area contributed by atoms with E-state index < -0.39 is 29.9 Å².